The van der Waals surface area contributed by atoms with Gasteiger partial charge in [-0.25, -0.2) is 0 Å². The lowest BCUT2D eigenvalue weighted by atomic mass is 10.1. The molecule has 0 unspecified atom stereocenters. The van der Waals surface area contributed by atoms with Gasteiger partial charge in [-0.15, -0.1) is 10.2 Å². The molecule has 0 spiro atoms. The molecule has 0 atom stereocenters. The van der Waals surface area contributed by atoms with Gasteiger partial charge in [-0.1, -0.05) is 15.9 Å². The van der Waals surface area contributed by atoms with E-state index in [0.29, 0.717) is 0 Å². The van der Waals surface area contributed by atoms with Gasteiger partial charge in [0.1, 0.15) is 6.33 Å². The fraction of sp³-hybridized carbons (Fsp3) is 0.0909. The van der Waals surface area contributed by atoms with Crippen LogP contribution in [0.5, 0.6) is 0 Å². The third kappa shape index (κ3) is 1.25. The zero-order valence-electron chi connectivity index (χ0n) is 8.11. The molecule has 0 saturated heterocycles. The van der Waals surface area contributed by atoms with Crippen LogP contribution < -0.4 is 0 Å². The minimum atomic E-state index is 0.914. The van der Waals surface area contributed by atoms with Gasteiger partial charge in [-0.05, 0) is 36.6 Å². The molecule has 2 aromatic heterocycles. The molecule has 2 heterocycles. The van der Waals surface area contributed by atoms with Crippen molar-refractivity contribution >= 4 is 32.3 Å². The number of rotatable bonds is 0. The van der Waals surface area contributed by atoms with Crippen molar-refractivity contribution < 1.29 is 0 Å². The van der Waals surface area contributed by atoms with Crippen LogP contribution in [-0.2, 0) is 0 Å². The van der Waals surface area contributed by atoms with E-state index in [1.165, 1.54) is 5.39 Å². The highest BCUT2D eigenvalue weighted by Crippen LogP contribution is 2.23. The van der Waals surface area contributed by atoms with Crippen molar-refractivity contribution in [2.75, 3.05) is 0 Å². The van der Waals surface area contributed by atoms with Crippen molar-refractivity contribution in [1.82, 2.24) is 14.6 Å². The summed E-state index contributed by atoms with van der Waals surface area (Å²) in [5.74, 6) is 0. The van der Waals surface area contributed by atoms with Gasteiger partial charge >= 0.3 is 0 Å². The Hall–Kier alpha value is -1.42. The van der Waals surface area contributed by atoms with Gasteiger partial charge in [0, 0.05) is 15.6 Å². The largest absolute Gasteiger partial charge is 0.286 e. The Morgan fingerprint density at radius 1 is 1.27 bits per heavy atom. The summed E-state index contributed by atoms with van der Waals surface area (Å²) in [7, 11) is 0. The zero-order valence-corrected chi connectivity index (χ0v) is 9.69. The van der Waals surface area contributed by atoms with Crippen LogP contribution in [0.2, 0.25) is 0 Å². The first-order chi connectivity index (χ1) is 7.25. The molecule has 0 aliphatic carbocycles. The van der Waals surface area contributed by atoms with Crippen LogP contribution in [0.4, 0.5) is 0 Å². The van der Waals surface area contributed by atoms with Gasteiger partial charge in [0.15, 0.2) is 5.65 Å². The average molecular weight is 262 g/mol. The molecule has 0 radical (unpaired) electrons. The van der Waals surface area contributed by atoms with Gasteiger partial charge in [0.25, 0.3) is 0 Å². The van der Waals surface area contributed by atoms with Gasteiger partial charge in [0.2, 0.25) is 0 Å². The van der Waals surface area contributed by atoms with Crippen LogP contribution in [-0.4, -0.2) is 14.6 Å². The summed E-state index contributed by atoms with van der Waals surface area (Å²) in [6.07, 6.45) is 1.74. The Bertz CT molecular complexity index is 657. The molecule has 0 aliphatic rings. The highest BCUT2D eigenvalue weighted by Gasteiger charge is 2.05. The summed E-state index contributed by atoms with van der Waals surface area (Å²) in [6, 6.07) is 8.31. The number of nitrogens with zero attached hydrogens (tertiary/aromatic N) is 3. The number of halogens is 1. The van der Waals surface area contributed by atoms with Crippen molar-refractivity contribution in [3.05, 3.63) is 40.8 Å². The van der Waals surface area contributed by atoms with Crippen LogP contribution in [0.3, 0.4) is 0 Å². The lowest BCUT2D eigenvalue weighted by Gasteiger charge is -2.03. The smallest absolute Gasteiger partial charge is 0.168 e. The van der Waals surface area contributed by atoms with Crippen LogP contribution >= 0.6 is 15.9 Å². The topological polar surface area (TPSA) is 30.2 Å². The summed E-state index contributed by atoms with van der Waals surface area (Å²) in [5.41, 5.74) is 2.05. The van der Waals surface area contributed by atoms with Gasteiger partial charge in [-0.3, -0.25) is 4.40 Å². The average Bonchev–Trinajstić information content (AvgIpc) is 2.66. The first-order valence-corrected chi connectivity index (χ1v) is 5.43. The number of fused-ring (bicyclic) bond motifs is 3. The number of aromatic nitrogens is 3. The molecule has 3 nitrogen and oxygen atoms in total. The quantitative estimate of drug-likeness (QED) is 0.623. The lowest BCUT2D eigenvalue weighted by Crippen LogP contribution is -1.90. The minimum absolute atomic E-state index is 0.914. The van der Waals surface area contributed by atoms with E-state index in [-0.39, 0.29) is 0 Å². The van der Waals surface area contributed by atoms with E-state index < -0.39 is 0 Å². The third-order valence-corrected chi connectivity index (χ3v) is 3.04. The maximum absolute atomic E-state index is 4.14. The van der Waals surface area contributed by atoms with Crippen molar-refractivity contribution in [2.24, 2.45) is 0 Å². The molecule has 0 N–H and O–H groups in total. The van der Waals surface area contributed by atoms with E-state index in [0.717, 1.165) is 21.2 Å². The maximum atomic E-state index is 4.14. The second-order valence-electron chi connectivity index (χ2n) is 3.54. The van der Waals surface area contributed by atoms with Crippen LogP contribution in [0.15, 0.2) is 35.1 Å². The molecule has 1 aromatic carbocycles. The van der Waals surface area contributed by atoms with Crippen molar-refractivity contribution in [2.45, 2.75) is 6.92 Å². The van der Waals surface area contributed by atoms with Gasteiger partial charge in [0.05, 0.1) is 0 Å². The first kappa shape index (κ1) is 8.85. The fourth-order valence-electron chi connectivity index (χ4n) is 1.83. The highest BCUT2D eigenvalue weighted by molar-refractivity contribution is 9.10. The van der Waals surface area contributed by atoms with Crippen molar-refractivity contribution in [3.63, 3.8) is 0 Å². The number of hydrogen-bond acceptors (Lipinski definition) is 2. The standard InChI is InChI=1S/C11H8BrN3/c1-7-4-8-5-9(12)2-3-10(8)11-14-13-6-15(7)11/h2-6H,1H3. The summed E-state index contributed by atoms with van der Waals surface area (Å²) in [4.78, 5) is 0. The normalized spacial score (nSPS) is 11.3. The molecule has 0 fully saturated rings. The van der Waals surface area contributed by atoms with Crippen molar-refractivity contribution in [3.8, 4) is 0 Å². The van der Waals surface area contributed by atoms with Gasteiger partial charge < -0.3 is 0 Å². The van der Waals surface area contributed by atoms with E-state index in [1.54, 1.807) is 6.33 Å². The predicted octanol–water partition coefficient (Wildman–Crippen LogP) is 2.95. The molecular formula is C11H8BrN3. The van der Waals surface area contributed by atoms with Gasteiger partial charge in [-0.2, -0.15) is 0 Å². The highest BCUT2D eigenvalue weighted by atomic mass is 79.9. The Morgan fingerprint density at radius 2 is 2.13 bits per heavy atom. The molecule has 0 aliphatic heterocycles. The molecule has 4 heteroatoms. The molecular weight excluding hydrogens is 254 g/mol. The second-order valence-corrected chi connectivity index (χ2v) is 4.46. The third-order valence-electron chi connectivity index (χ3n) is 2.55. The van der Waals surface area contributed by atoms with Crippen LogP contribution in [0.1, 0.15) is 5.69 Å². The molecule has 74 valence electrons. The SMILES string of the molecule is Cc1cc2cc(Br)ccc2c2nncn12. The predicted molar refractivity (Wildman–Crippen MR) is 62.9 cm³/mol. The molecule has 0 saturated carbocycles. The monoisotopic (exact) mass is 261 g/mol. The summed E-state index contributed by atoms with van der Waals surface area (Å²) >= 11 is 3.47. The molecule has 3 rings (SSSR count). The number of hydrogen-bond donors (Lipinski definition) is 0. The van der Waals surface area contributed by atoms with E-state index in [1.807, 2.05) is 10.5 Å². The summed E-state index contributed by atoms with van der Waals surface area (Å²) < 4.78 is 3.08. The number of pyridine rings is 1. The Kier molecular flexibility index (Phi) is 1.79. The van der Waals surface area contributed by atoms with Crippen LogP contribution in [0, 0.1) is 6.92 Å². The van der Waals surface area contributed by atoms with E-state index >= 15 is 0 Å². The van der Waals surface area contributed by atoms with E-state index in [9.17, 15) is 0 Å². The second kappa shape index (κ2) is 3.03. The zero-order chi connectivity index (χ0) is 10.4. The van der Waals surface area contributed by atoms with Crippen LogP contribution in [0.25, 0.3) is 16.4 Å². The molecule has 3 aromatic rings. The van der Waals surface area contributed by atoms with E-state index in [2.05, 4.69) is 51.3 Å². The molecule has 15 heavy (non-hydrogen) atoms. The maximum Gasteiger partial charge on any atom is 0.168 e. The van der Waals surface area contributed by atoms with E-state index in [4.69, 9.17) is 0 Å². The fourth-order valence-corrected chi connectivity index (χ4v) is 2.21. The Labute approximate surface area is 94.9 Å². The first-order valence-electron chi connectivity index (χ1n) is 4.64. The Balaban J connectivity index is 2.60. The number of benzene rings is 1. The molecule has 0 amide bonds. The lowest BCUT2D eigenvalue weighted by molar-refractivity contribution is 1.07. The molecule has 0 bridgehead atoms. The minimum Gasteiger partial charge on any atom is -0.286 e. The van der Waals surface area contributed by atoms with Crippen molar-refractivity contribution in [1.29, 1.82) is 0 Å². The summed E-state index contributed by atoms with van der Waals surface area (Å²) in [5, 5.41) is 10.4. The number of aryl methyl sites for hydroxylation is 1. The summed E-state index contributed by atoms with van der Waals surface area (Å²) in [6.45, 7) is 2.05. The Morgan fingerprint density at radius 3 is 3.00 bits per heavy atom.